The molecule has 0 fully saturated rings. The Morgan fingerprint density at radius 2 is 1.69 bits per heavy atom. The van der Waals surface area contributed by atoms with Gasteiger partial charge >= 0.3 is 5.97 Å². The number of fused-ring (bicyclic) bond motifs is 1. The Hall–Kier alpha value is -3.01. The summed E-state index contributed by atoms with van der Waals surface area (Å²) in [5, 5.41) is 19.3. The number of aromatic carboxylic acids is 1. The van der Waals surface area contributed by atoms with Gasteiger partial charge in [0.05, 0.1) is 5.69 Å². The van der Waals surface area contributed by atoms with Gasteiger partial charge < -0.3 is 14.8 Å². The van der Waals surface area contributed by atoms with Gasteiger partial charge in [0.15, 0.2) is 0 Å². The highest BCUT2D eigenvalue weighted by molar-refractivity contribution is 5.91. The molecule has 0 atom stereocenters. The van der Waals surface area contributed by atoms with E-state index >= 15 is 0 Å². The first-order valence-electron chi connectivity index (χ1n) is 9.01. The van der Waals surface area contributed by atoms with Crippen molar-refractivity contribution in [2.24, 2.45) is 0 Å². The Labute approximate surface area is 152 Å². The minimum Gasteiger partial charge on any atom is -0.507 e. The summed E-state index contributed by atoms with van der Waals surface area (Å²) >= 11 is 0. The van der Waals surface area contributed by atoms with Crippen LogP contribution in [0, 0.1) is 0 Å². The molecule has 26 heavy (non-hydrogen) atoms. The molecule has 1 aromatic heterocycles. The highest BCUT2D eigenvalue weighted by Crippen LogP contribution is 2.34. The molecule has 0 amide bonds. The quantitative estimate of drug-likeness (QED) is 0.668. The monoisotopic (exact) mass is 347 g/mol. The molecular weight excluding hydrogens is 326 g/mol. The average molecular weight is 347 g/mol. The van der Waals surface area contributed by atoms with Crippen molar-refractivity contribution in [2.45, 2.75) is 32.1 Å². The van der Waals surface area contributed by atoms with Crippen molar-refractivity contribution in [2.75, 3.05) is 0 Å². The normalized spacial score (nSPS) is 13.8. The number of carboxylic acid groups (broad SMARTS) is 1. The molecule has 4 nitrogen and oxygen atoms in total. The second kappa shape index (κ2) is 6.71. The molecule has 0 saturated heterocycles. The van der Waals surface area contributed by atoms with Crippen molar-refractivity contribution >= 4 is 5.97 Å². The van der Waals surface area contributed by atoms with Crippen molar-refractivity contribution in [3.05, 3.63) is 71.4 Å². The van der Waals surface area contributed by atoms with Gasteiger partial charge in [-0.25, -0.2) is 4.79 Å². The molecule has 4 heteroatoms. The Balaban J connectivity index is 1.96. The lowest BCUT2D eigenvalue weighted by molar-refractivity contribution is 0.0693. The van der Waals surface area contributed by atoms with Gasteiger partial charge in [0, 0.05) is 11.4 Å². The zero-order chi connectivity index (χ0) is 18.1. The molecule has 132 valence electrons. The zero-order valence-corrected chi connectivity index (χ0v) is 14.5. The molecule has 2 N–H and O–H groups in total. The maximum atomic E-state index is 11.5. The first kappa shape index (κ1) is 16.5. The van der Waals surface area contributed by atoms with Crippen LogP contribution in [0.1, 0.15) is 40.9 Å². The first-order chi connectivity index (χ1) is 12.6. The topological polar surface area (TPSA) is 62.5 Å². The van der Waals surface area contributed by atoms with Crippen molar-refractivity contribution < 1.29 is 15.0 Å². The highest BCUT2D eigenvalue weighted by atomic mass is 16.4. The van der Waals surface area contributed by atoms with Gasteiger partial charge in [-0.2, -0.15) is 0 Å². The van der Waals surface area contributed by atoms with E-state index < -0.39 is 5.97 Å². The van der Waals surface area contributed by atoms with E-state index in [4.69, 9.17) is 0 Å². The van der Waals surface area contributed by atoms with E-state index in [1.165, 1.54) is 30.2 Å². The van der Waals surface area contributed by atoms with Crippen LogP contribution in [-0.2, 0) is 12.8 Å². The maximum absolute atomic E-state index is 11.5. The van der Waals surface area contributed by atoms with E-state index in [9.17, 15) is 15.0 Å². The number of nitrogens with zero attached hydrogens (tertiary/aromatic N) is 1. The van der Waals surface area contributed by atoms with Gasteiger partial charge in [0.2, 0.25) is 0 Å². The van der Waals surface area contributed by atoms with E-state index in [-0.39, 0.29) is 11.3 Å². The predicted octanol–water partition coefficient (Wildman–Crippen LogP) is 4.82. The van der Waals surface area contributed by atoms with Crippen LogP contribution >= 0.6 is 0 Å². The zero-order valence-electron chi connectivity index (χ0n) is 14.5. The lowest BCUT2D eigenvalue weighted by Crippen LogP contribution is -2.05. The van der Waals surface area contributed by atoms with Crippen LogP contribution in [0.5, 0.6) is 5.75 Å². The number of hydrogen-bond acceptors (Lipinski definition) is 2. The first-order valence-corrected chi connectivity index (χ1v) is 9.01. The molecule has 4 rings (SSSR count). The number of aromatic nitrogens is 1. The van der Waals surface area contributed by atoms with E-state index in [0.29, 0.717) is 0 Å². The van der Waals surface area contributed by atoms with Crippen molar-refractivity contribution in [3.8, 4) is 22.7 Å². The average Bonchev–Trinajstić information content (AvgIpc) is 2.85. The highest BCUT2D eigenvalue weighted by Gasteiger charge is 2.20. The summed E-state index contributed by atoms with van der Waals surface area (Å²) in [7, 11) is 0. The van der Waals surface area contributed by atoms with Crippen molar-refractivity contribution in [1.82, 2.24) is 4.57 Å². The molecule has 1 aliphatic rings. The Morgan fingerprint density at radius 1 is 0.923 bits per heavy atom. The maximum Gasteiger partial charge on any atom is 0.339 e. The second-order valence-corrected chi connectivity index (χ2v) is 6.77. The Morgan fingerprint density at radius 3 is 2.46 bits per heavy atom. The fourth-order valence-electron chi connectivity index (χ4n) is 3.83. The lowest BCUT2D eigenvalue weighted by atomic mass is 10.1. The molecule has 2 aromatic carbocycles. The third-order valence-corrected chi connectivity index (χ3v) is 5.09. The molecule has 0 spiro atoms. The van der Waals surface area contributed by atoms with Gasteiger partial charge in [-0.15, -0.1) is 0 Å². The molecule has 0 unspecified atom stereocenters. The number of carboxylic acids is 1. The van der Waals surface area contributed by atoms with Gasteiger partial charge in [-0.3, -0.25) is 0 Å². The summed E-state index contributed by atoms with van der Waals surface area (Å²) in [5.74, 6) is -1.33. The number of hydrogen-bond donors (Lipinski definition) is 2. The van der Waals surface area contributed by atoms with E-state index in [2.05, 4.69) is 22.8 Å². The van der Waals surface area contributed by atoms with Crippen LogP contribution in [0.3, 0.4) is 0 Å². The number of phenols is 1. The fraction of sp³-hybridized carbons (Fsp3) is 0.227. The minimum atomic E-state index is -1.12. The summed E-state index contributed by atoms with van der Waals surface area (Å²) in [6.07, 6.45) is 5.55. The van der Waals surface area contributed by atoms with E-state index in [0.717, 1.165) is 36.2 Å². The van der Waals surface area contributed by atoms with Crippen LogP contribution in [0.25, 0.3) is 16.9 Å². The number of carbonyl (C=O) groups is 1. The summed E-state index contributed by atoms with van der Waals surface area (Å²) in [6.45, 7) is 0. The SMILES string of the molecule is O=C(O)c1cc(-n2c(-c3ccccc3)cc3c2CCCCC3)ccc1O. The predicted molar refractivity (Wildman–Crippen MR) is 101 cm³/mol. The van der Waals surface area contributed by atoms with Gasteiger partial charge in [0.25, 0.3) is 0 Å². The van der Waals surface area contributed by atoms with E-state index in [1.54, 1.807) is 12.1 Å². The molecule has 3 aromatic rings. The van der Waals surface area contributed by atoms with E-state index in [1.807, 2.05) is 18.2 Å². The summed E-state index contributed by atoms with van der Waals surface area (Å²) in [4.78, 5) is 11.5. The number of aryl methyl sites for hydroxylation is 1. The second-order valence-electron chi connectivity index (χ2n) is 6.77. The lowest BCUT2D eigenvalue weighted by Gasteiger charge is -2.15. The van der Waals surface area contributed by atoms with Gasteiger partial charge in [-0.1, -0.05) is 36.8 Å². The minimum absolute atomic E-state index is 0.0717. The fourth-order valence-corrected chi connectivity index (χ4v) is 3.83. The number of aromatic hydroxyl groups is 1. The number of benzene rings is 2. The molecule has 0 bridgehead atoms. The van der Waals surface area contributed by atoms with Gasteiger partial charge in [0.1, 0.15) is 11.3 Å². The van der Waals surface area contributed by atoms with Crippen LogP contribution in [0.15, 0.2) is 54.6 Å². The molecular formula is C22H21NO3. The van der Waals surface area contributed by atoms with Gasteiger partial charge in [-0.05, 0) is 61.1 Å². The molecule has 1 aliphatic carbocycles. The Kier molecular flexibility index (Phi) is 4.25. The standard InChI is InChI=1S/C22H21NO3/c24-21-12-11-17(14-18(21)22(25)26)23-19-10-6-2-5-9-16(19)13-20(23)15-7-3-1-4-8-15/h1,3-4,7-8,11-14,24H,2,5-6,9-10H2,(H,25,26). The largest absolute Gasteiger partial charge is 0.507 e. The summed E-state index contributed by atoms with van der Waals surface area (Å²) in [6, 6.07) is 17.2. The third-order valence-electron chi connectivity index (χ3n) is 5.09. The van der Waals surface area contributed by atoms with Crippen molar-refractivity contribution in [1.29, 1.82) is 0 Å². The molecule has 0 radical (unpaired) electrons. The van der Waals surface area contributed by atoms with Crippen LogP contribution in [0.4, 0.5) is 0 Å². The van der Waals surface area contributed by atoms with Crippen LogP contribution in [0.2, 0.25) is 0 Å². The van der Waals surface area contributed by atoms with Crippen LogP contribution < -0.4 is 0 Å². The third kappa shape index (κ3) is 2.88. The van der Waals surface area contributed by atoms with Crippen LogP contribution in [-0.4, -0.2) is 20.7 Å². The Bertz CT molecular complexity index is 957. The van der Waals surface area contributed by atoms with Crippen molar-refractivity contribution in [3.63, 3.8) is 0 Å². The smallest absolute Gasteiger partial charge is 0.339 e. The molecule has 1 heterocycles. The number of rotatable bonds is 3. The molecule has 0 saturated carbocycles. The molecule has 0 aliphatic heterocycles. The summed E-state index contributed by atoms with van der Waals surface area (Å²) in [5.41, 5.74) is 5.47. The summed E-state index contributed by atoms with van der Waals surface area (Å²) < 4.78 is 2.17.